The van der Waals surface area contributed by atoms with Crippen molar-refractivity contribution in [3.63, 3.8) is 0 Å². The number of rotatable bonds is 1. The molecule has 2 aromatic rings. The van der Waals surface area contributed by atoms with E-state index in [4.69, 9.17) is 0 Å². The second-order valence-corrected chi connectivity index (χ2v) is 5.62. The van der Waals surface area contributed by atoms with Crippen LogP contribution in [0.1, 0.15) is 40.7 Å². The molecule has 1 aliphatic carbocycles. The largest absolute Gasteiger partial charge is 0.380 e. The van der Waals surface area contributed by atoms with E-state index in [-0.39, 0.29) is 0 Å². The molecule has 0 radical (unpaired) electrons. The van der Waals surface area contributed by atoms with Crippen molar-refractivity contribution >= 4 is 0 Å². The molecule has 0 bridgehead atoms. The van der Waals surface area contributed by atoms with E-state index in [1.54, 1.807) is 0 Å². The molecule has 0 aliphatic heterocycles. The maximum atomic E-state index is 11.3. The molecule has 3 rings (SSSR count). The van der Waals surface area contributed by atoms with Gasteiger partial charge in [-0.25, -0.2) is 0 Å². The molecule has 1 atom stereocenters. The van der Waals surface area contributed by atoms with Gasteiger partial charge in [0.15, 0.2) is 0 Å². The second kappa shape index (κ2) is 4.50. The first kappa shape index (κ1) is 12.4. The summed E-state index contributed by atoms with van der Waals surface area (Å²) in [6.07, 6.45) is 2.93. The van der Waals surface area contributed by atoms with Crippen molar-refractivity contribution in [3.05, 3.63) is 70.3 Å². The van der Waals surface area contributed by atoms with Gasteiger partial charge in [-0.05, 0) is 60.9 Å². The summed E-state index contributed by atoms with van der Waals surface area (Å²) < 4.78 is 0. The fourth-order valence-corrected chi connectivity index (χ4v) is 3.29. The van der Waals surface area contributed by atoms with E-state index in [0.717, 1.165) is 30.4 Å². The molecule has 1 aliphatic rings. The standard InChI is InChI=1S/C18H20O/c1-13-7-5-11-16(14(13)2)18(19)12-6-9-15-8-3-4-10-17(15)18/h3-5,7-8,10-11,19H,6,9,12H2,1-2H3. The van der Waals surface area contributed by atoms with Crippen LogP contribution in [0.15, 0.2) is 42.5 Å². The highest BCUT2D eigenvalue weighted by Gasteiger charge is 2.36. The first-order valence-electron chi connectivity index (χ1n) is 7.00. The Labute approximate surface area is 114 Å². The quantitative estimate of drug-likeness (QED) is 0.816. The average molecular weight is 252 g/mol. The summed E-state index contributed by atoms with van der Waals surface area (Å²) in [7, 11) is 0. The van der Waals surface area contributed by atoms with Gasteiger partial charge in [-0.3, -0.25) is 0 Å². The van der Waals surface area contributed by atoms with E-state index in [1.165, 1.54) is 16.7 Å². The lowest BCUT2D eigenvalue weighted by atomic mass is 9.73. The van der Waals surface area contributed by atoms with Gasteiger partial charge in [0.2, 0.25) is 0 Å². The molecule has 19 heavy (non-hydrogen) atoms. The lowest BCUT2D eigenvalue weighted by molar-refractivity contribution is 0.0609. The predicted molar refractivity (Wildman–Crippen MR) is 78.3 cm³/mol. The zero-order chi connectivity index (χ0) is 13.5. The average Bonchev–Trinajstić information content (AvgIpc) is 2.42. The Balaban J connectivity index is 2.22. The topological polar surface area (TPSA) is 20.2 Å². The molecule has 1 nitrogen and oxygen atoms in total. The van der Waals surface area contributed by atoms with Gasteiger partial charge >= 0.3 is 0 Å². The molecule has 1 heteroatoms. The van der Waals surface area contributed by atoms with Crippen LogP contribution in [-0.2, 0) is 12.0 Å². The third-order valence-corrected chi connectivity index (χ3v) is 4.50. The van der Waals surface area contributed by atoms with E-state index in [0.29, 0.717) is 0 Å². The number of hydrogen-bond donors (Lipinski definition) is 1. The zero-order valence-corrected chi connectivity index (χ0v) is 11.6. The Morgan fingerprint density at radius 2 is 1.68 bits per heavy atom. The lowest BCUT2D eigenvalue weighted by Crippen LogP contribution is -2.32. The first-order valence-corrected chi connectivity index (χ1v) is 7.00. The Morgan fingerprint density at radius 3 is 2.53 bits per heavy atom. The molecule has 0 heterocycles. The van der Waals surface area contributed by atoms with Crippen LogP contribution in [0.3, 0.4) is 0 Å². The highest BCUT2D eigenvalue weighted by Crippen LogP contribution is 2.41. The SMILES string of the molecule is Cc1cccc(C2(O)CCCc3ccccc32)c1C. The second-order valence-electron chi connectivity index (χ2n) is 5.62. The summed E-state index contributed by atoms with van der Waals surface area (Å²) in [4.78, 5) is 0. The van der Waals surface area contributed by atoms with Crippen molar-refractivity contribution in [2.24, 2.45) is 0 Å². The number of aliphatic hydroxyl groups is 1. The summed E-state index contributed by atoms with van der Waals surface area (Å²) >= 11 is 0. The summed E-state index contributed by atoms with van der Waals surface area (Å²) in [6.45, 7) is 4.22. The van der Waals surface area contributed by atoms with Crippen LogP contribution in [0.25, 0.3) is 0 Å². The van der Waals surface area contributed by atoms with Gasteiger partial charge in [0.05, 0.1) is 0 Å². The fraction of sp³-hybridized carbons (Fsp3) is 0.333. The molecule has 2 aromatic carbocycles. The van der Waals surface area contributed by atoms with Crippen molar-refractivity contribution in [2.75, 3.05) is 0 Å². The number of fused-ring (bicyclic) bond motifs is 1. The van der Waals surface area contributed by atoms with E-state index in [9.17, 15) is 5.11 Å². The molecule has 0 spiro atoms. The maximum absolute atomic E-state index is 11.3. The van der Waals surface area contributed by atoms with Crippen molar-refractivity contribution < 1.29 is 5.11 Å². The maximum Gasteiger partial charge on any atom is 0.115 e. The molecule has 1 N–H and O–H groups in total. The fourth-order valence-electron chi connectivity index (χ4n) is 3.29. The first-order chi connectivity index (χ1) is 9.13. The third-order valence-electron chi connectivity index (χ3n) is 4.50. The van der Waals surface area contributed by atoms with E-state index in [1.807, 2.05) is 12.1 Å². The van der Waals surface area contributed by atoms with Crippen LogP contribution in [0, 0.1) is 13.8 Å². The monoisotopic (exact) mass is 252 g/mol. The van der Waals surface area contributed by atoms with E-state index >= 15 is 0 Å². The van der Waals surface area contributed by atoms with Crippen molar-refractivity contribution in [2.45, 2.75) is 38.7 Å². The molecule has 98 valence electrons. The Hall–Kier alpha value is -1.60. The van der Waals surface area contributed by atoms with Gasteiger partial charge in [0, 0.05) is 0 Å². The Morgan fingerprint density at radius 1 is 0.947 bits per heavy atom. The summed E-state index contributed by atoms with van der Waals surface area (Å²) in [5.41, 5.74) is 5.09. The van der Waals surface area contributed by atoms with E-state index < -0.39 is 5.60 Å². The number of hydrogen-bond acceptors (Lipinski definition) is 1. The van der Waals surface area contributed by atoms with Crippen LogP contribution >= 0.6 is 0 Å². The lowest BCUT2D eigenvalue weighted by Gasteiger charge is -2.36. The van der Waals surface area contributed by atoms with E-state index in [2.05, 4.69) is 44.2 Å². The van der Waals surface area contributed by atoms with Gasteiger partial charge in [0.1, 0.15) is 5.60 Å². The van der Waals surface area contributed by atoms with Crippen LogP contribution < -0.4 is 0 Å². The molecule has 0 amide bonds. The van der Waals surface area contributed by atoms with Gasteiger partial charge in [-0.15, -0.1) is 0 Å². The summed E-state index contributed by atoms with van der Waals surface area (Å²) in [5.74, 6) is 0. The highest BCUT2D eigenvalue weighted by atomic mass is 16.3. The molecular formula is C18H20O. The smallest absolute Gasteiger partial charge is 0.115 e. The highest BCUT2D eigenvalue weighted by molar-refractivity contribution is 5.47. The Kier molecular flexibility index (Phi) is 2.94. The zero-order valence-electron chi connectivity index (χ0n) is 11.6. The molecule has 1 unspecified atom stereocenters. The summed E-state index contributed by atoms with van der Waals surface area (Å²) in [5, 5.41) is 11.3. The normalized spacial score (nSPS) is 22.1. The van der Waals surface area contributed by atoms with Crippen molar-refractivity contribution in [3.8, 4) is 0 Å². The molecular weight excluding hydrogens is 232 g/mol. The van der Waals surface area contributed by atoms with Crippen molar-refractivity contribution in [1.82, 2.24) is 0 Å². The summed E-state index contributed by atoms with van der Waals surface area (Å²) in [6, 6.07) is 14.5. The van der Waals surface area contributed by atoms with Crippen LogP contribution in [0.4, 0.5) is 0 Å². The van der Waals surface area contributed by atoms with Crippen LogP contribution in [-0.4, -0.2) is 5.11 Å². The molecule has 0 saturated heterocycles. The Bertz CT molecular complexity index is 615. The minimum Gasteiger partial charge on any atom is -0.380 e. The van der Waals surface area contributed by atoms with Gasteiger partial charge in [-0.1, -0.05) is 42.5 Å². The minimum atomic E-state index is -0.815. The number of aryl methyl sites for hydroxylation is 2. The minimum absolute atomic E-state index is 0.814. The third kappa shape index (κ3) is 1.89. The number of benzene rings is 2. The van der Waals surface area contributed by atoms with Gasteiger partial charge in [0.25, 0.3) is 0 Å². The molecule has 0 aromatic heterocycles. The van der Waals surface area contributed by atoms with Crippen LogP contribution in [0.2, 0.25) is 0 Å². The van der Waals surface area contributed by atoms with Crippen LogP contribution in [0.5, 0.6) is 0 Å². The predicted octanol–water partition coefficient (Wildman–Crippen LogP) is 3.88. The van der Waals surface area contributed by atoms with Crippen molar-refractivity contribution in [1.29, 1.82) is 0 Å². The molecule has 0 fully saturated rings. The van der Waals surface area contributed by atoms with Gasteiger partial charge < -0.3 is 5.11 Å². The molecule has 0 saturated carbocycles. The van der Waals surface area contributed by atoms with Gasteiger partial charge in [-0.2, -0.15) is 0 Å².